The Bertz CT molecular complexity index is 1220. The van der Waals surface area contributed by atoms with E-state index in [1.807, 2.05) is 17.2 Å². The van der Waals surface area contributed by atoms with E-state index in [9.17, 15) is 18.0 Å². The maximum atomic E-state index is 12.6. The number of hydrogen-bond acceptors (Lipinski definition) is 7. The van der Waals surface area contributed by atoms with Crippen LogP contribution in [0.2, 0.25) is 0 Å². The lowest BCUT2D eigenvalue weighted by Crippen LogP contribution is -2.47. The first-order valence-electron chi connectivity index (χ1n) is 11.7. The normalized spacial score (nSPS) is 23.0. The number of halogens is 3. The van der Waals surface area contributed by atoms with Gasteiger partial charge < -0.3 is 24.6 Å². The van der Waals surface area contributed by atoms with Crippen molar-refractivity contribution in [1.29, 1.82) is 0 Å². The highest BCUT2D eigenvalue weighted by atomic mass is 19.4. The zero-order valence-electron chi connectivity index (χ0n) is 19.9. The summed E-state index contributed by atoms with van der Waals surface area (Å²) in [6.45, 7) is 5.45. The number of nitrogens with one attached hydrogen (secondary N) is 1. The molecule has 3 aromatic rings. The third-order valence-corrected chi connectivity index (χ3v) is 6.75. The predicted molar refractivity (Wildman–Crippen MR) is 121 cm³/mol. The molecule has 0 aromatic carbocycles. The number of carbonyl (C=O) groups excluding carboxylic acids is 1. The average molecular weight is 512 g/mol. The summed E-state index contributed by atoms with van der Waals surface area (Å²) in [5.41, 5.74) is 2.55. The predicted octanol–water partition coefficient (Wildman–Crippen LogP) is 2.90. The number of aliphatic carboxylic acids is 1. The van der Waals surface area contributed by atoms with Crippen LogP contribution in [0.5, 0.6) is 0 Å². The summed E-state index contributed by atoms with van der Waals surface area (Å²) in [6, 6.07) is 2.00. The van der Waals surface area contributed by atoms with Crippen LogP contribution in [0.3, 0.4) is 0 Å². The molecular weight excluding hydrogens is 483 g/mol. The number of carboxylic acid groups (broad SMARTS) is 1. The van der Waals surface area contributed by atoms with Crippen molar-refractivity contribution < 1.29 is 32.6 Å². The molecule has 0 bridgehead atoms. The molecule has 2 N–H and O–H groups in total. The highest BCUT2D eigenvalue weighted by Gasteiger charge is 2.40. The highest BCUT2D eigenvalue weighted by molar-refractivity contribution is 5.74. The summed E-state index contributed by atoms with van der Waals surface area (Å²) in [5, 5.41) is 16.0. The number of aromatic amines is 1. The van der Waals surface area contributed by atoms with Gasteiger partial charge in [0, 0.05) is 38.3 Å². The molecule has 3 aromatic heterocycles. The van der Waals surface area contributed by atoms with E-state index in [1.54, 1.807) is 6.20 Å². The number of piperazine rings is 1. The van der Waals surface area contributed by atoms with Gasteiger partial charge in [-0.3, -0.25) is 4.40 Å². The van der Waals surface area contributed by atoms with Gasteiger partial charge in [0.15, 0.2) is 11.3 Å². The average Bonchev–Trinajstić information content (AvgIpc) is 3.56. The van der Waals surface area contributed by atoms with Crippen LogP contribution in [0.4, 0.5) is 18.0 Å². The summed E-state index contributed by atoms with van der Waals surface area (Å²) in [4.78, 5) is 33.2. The number of hydrogen-bond donors (Lipinski definition) is 2. The molecule has 3 atom stereocenters. The second-order valence-electron chi connectivity index (χ2n) is 9.07. The lowest BCUT2D eigenvalue weighted by molar-refractivity contribution is -0.192. The molecular formula is C22H28F3N7O4. The molecule has 0 radical (unpaired) electrons. The maximum absolute atomic E-state index is 12.6. The summed E-state index contributed by atoms with van der Waals surface area (Å²) in [6.07, 6.45) is 0.965. The number of alkyl halides is 3. The van der Waals surface area contributed by atoms with E-state index >= 15 is 0 Å². The molecule has 2 aliphatic rings. The molecule has 4 heterocycles. The van der Waals surface area contributed by atoms with E-state index < -0.39 is 12.1 Å². The van der Waals surface area contributed by atoms with E-state index in [-0.39, 0.29) is 18.1 Å². The number of fused-ring (bicyclic) bond motifs is 3. The number of carboxylic acids is 1. The lowest BCUT2D eigenvalue weighted by atomic mass is 9.93. The minimum Gasteiger partial charge on any atom is -0.475 e. The minimum atomic E-state index is -5.08. The number of ether oxygens (including phenoxy) is 1. The van der Waals surface area contributed by atoms with Gasteiger partial charge in [-0.05, 0) is 31.9 Å². The fourth-order valence-electron chi connectivity index (χ4n) is 4.78. The number of amides is 1. The van der Waals surface area contributed by atoms with Crippen LogP contribution in [0.15, 0.2) is 18.5 Å². The van der Waals surface area contributed by atoms with Crippen LogP contribution in [0.25, 0.3) is 16.8 Å². The van der Waals surface area contributed by atoms with Crippen molar-refractivity contribution in [3.63, 3.8) is 0 Å². The van der Waals surface area contributed by atoms with Crippen LogP contribution < -0.4 is 0 Å². The second kappa shape index (κ2) is 10.3. The van der Waals surface area contributed by atoms with Gasteiger partial charge >= 0.3 is 18.2 Å². The van der Waals surface area contributed by atoms with Gasteiger partial charge in [0.05, 0.1) is 11.7 Å². The summed E-state index contributed by atoms with van der Waals surface area (Å²) < 4.78 is 39.8. The third-order valence-electron chi connectivity index (χ3n) is 6.75. The monoisotopic (exact) mass is 511 g/mol. The Kier molecular flexibility index (Phi) is 7.33. The third kappa shape index (κ3) is 5.37. The van der Waals surface area contributed by atoms with E-state index in [1.165, 1.54) is 0 Å². The Labute approximate surface area is 204 Å². The highest BCUT2D eigenvalue weighted by Crippen LogP contribution is 2.42. The second-order valence-corrected chi connectivity index (χ2v) is 9.07. The van der Waals surface area contributed by atoms with Crippen LogP contribution in [0, 0.1) is 5.92 Å². The minimum absolute atomic E-state index is 0.0759. The molecule has 14 heteroatoms. The molecule has 196 valence electrons. The van der Waals surface area contributed by atoms with E-state index in [4.69, 9.17) is 14.6 Å². The Morgan fingerprint density at radius 1 is 1.19 bits per heavy atom. The number of carbonyl (C=O) groups is 2. The van der Waals surface area contributed by atoms with Crippen LogP contribution in [-0.4, -0.2) is 97.0 Å². The van der Waals surface area contributed by atoms with Gasteiger partial charge in [-0.15, -0.1) is 10.2 Å². The first-order chi connectivity index (χ1) is 17.1. The van der Waals surface area contributed by atoms with Crippen LogP contribution in [0.1, 0.15) is 37.9 Å². The fraction of sp³-hybridized carbons (Fsp3) is 0.591. The Hall–Kier alpha value is -3.42. The molecule has 1 saturated heterocycles. The SMILES string of the molecule is CC[C@@H]1C[C@H](OC(=O)N2CCN(C)CC2)CC1c1nnc2cnc3[nH]ccc3n12.O=C(O)C(F)(F)F. The van der Waals surface area contributed by atoms with Crippen molar-refractivity contribution >= 4 is 28.9 Å². The Balaban J connectivity index is 0.000000384. The number of likely N-dealkylation sites (N-methyl/N-ethyl adjacent to an activating group) is 1. The van der Waals surface area contributed by atoms with Crippen molar-refractivity contribution in [1.82, 2.24) is 34.4 Å². The Morgan fingerprint density at radius 2 is 1.89 bits per heavy atom. The van der Waals surface area contributed by atoms with E-state index in [2.05, 4.69) is 43.4 Å². The number of nitrogens with zero attached hydrogens (tertiary/aromatic N) is 6. The molecule has 1 amide bonds. The molecule has 2 fully saturated rings. The Morgan fingerprint density at radius 3 is 2.53 bits per heavy atom. The lowest BCUT2D eigenvalue weighted by Gasteiger charge is -2.32. The molecule has 5 rings (SSSR count). The largest absolute Gasteiger partial charge is 0.490 e. The van der Waals surface area contributed by atoms with Gasteiger partial charge in [0.2, 0.25) is 0 Å². The van der Waals surface area contributed by atoms with E-state index in [0.717, 1.165) is 68.1 Å². The number of rotatable bonds is 3. The number of aromatic nitrogens is 5. The summed E-state index contributed by atoms with van der Waals surface area (Å²) in [5.74, 6) is -1.19. The molecule has 36 heavy (non-hydrogen) atoms. The number of H-pyrrole nitrogens is 1. The zero-order valence-corrected chi connectivity index (χ0v) is 19.9. The first-order valence-corrected chi connectivity index (χ1v) is 11.7. The van der Waals surface area contributed by atoms with Crippen LogP contribution in [-0.2, 0) is 9.53 Å². The van der Waals surface area contributed by atoms with Crippen molar-refractivity contribution in [2.24, 2.45) is 5.92 Å². The first kappa shape index (κ1) is 25.7. The van der Waals surface area contributed by atoms with Gasteiger partial charge in [0.1, 0.15) is 11.9 Å². The van der Waals surface area contributed by atoms with Gasteiger partial charge in [-0.1, -0.05) is 13.3 Å². The quantitative estimate of drug-likeness (QED) is 0.549. The van der Waals surface area contributed by atoms with Crippen molar-refractivity contribution in [2.75, 3.05) is 33.2 Å². The summed E-state index contributed by atoms with van der Waals surface area (Å²) >= 11 is 0. The molecule has 1 unspecified atom stereocenters. The van der Waals surface area contributed by atoms with Gasteiger partial charge in [-0.25, -0.2) is 14.6 Å². The van der Waals surface area contributed by atoms with Crippen molar-refractivity contribution in [3.8, 4) is 0 Å². The molecule has 1 aliphatic heterocycles. The smallest absolute Gasteiger partial charge is 0.475 e. The molecule has 1 saturated carbocycles. The van der Waals surface area contributed by atoms with Crippen molar-refractivity contribution in [3.05, 3.63) is 24.3 Å². The summed E-state index contributed by atoms with van der Waals surface area (Å²) in [7, 11) is 2.08. The van der Waals surface area contributed by atoms with Gasteiger partial charge in [-0.2, -0.15) is 13.2 Å². The zero-order chi connectivity index (χ0) is 26.0. The van der Waals surface area contributed by atoms with E-state index in [0.29, 0.717) is 5.92 Å². The molecule has 11 nitrogen and oxygen atoms in total. The topological polar surface area (TPSA) is 129 Å². The van der Waals surface area contributed by atoms with Crippen LogP contribution >= 0.6 is 0 Å². The molecule has 0 spiro atoms. The standard InChI is InChI=1S/C20H27N7O2.C2HF3O2/c1-3-13-10-14(29-20(28)26-8-6-25(2)7-9-26)11-15(13)19-24-23-17-12-22-18-16(27(17)19)4-5-21-18;3-2(4,5)1(6)7/h4-5,12-15,21H,3,6-11H2,1-2H3;(H,6,7)/t13-,14+,15?;/m1./s1. The van der Waals surface area contributed by atoms with Crippen molar-refractivity contribution in [2.45, 2.75) is 44.4 Å². The fourth-order valence-corrected chi connectivity index (χ4v) is 4.78. The molecule has 1 aliphatic carbocycles. The maximum Gasteiger partial charge on any atom is 0.490 e. The van der Waals surface area contributed by atoms with Gasteiger partial charge in [0.25, 0.3) is 0 Å².